The van der Waals surface area contributed by atoms with Crippen molar-refractivity contribution < 1.29 is 4.42 Å². The molecule has 0 spiro atoms. The molecule has 3 rings (SSSR count). The molecule has 1 aliphatic rings. The smallest absolute Gasteiger partial charge is 0.169 e. The predicted octanol–water partition coefficient (Wildman–Crippen LogP) is 6.58. The third-order valence-corrected chi connectivity index (χ3v) is 6.14. The molecule has 1 saturated carbocycles. The number of hydrogen-bond donors (Lipinski definition) is 1. The molecular formula is C21H26Cl2N2OS. The molecule has 0 saturated heterocycles. The first kappa shape index (κ1) is 20.5. The molecule has 1 heterocycles. The number of furan rings is 1. The lowest BCUT2D eigenvalue weighted by atomic mass is 9.97. The maximum atomic E-state index is 6.39. The van der Waals surface area contributed by atoms with Crippen molar-refractivity contribution in [1.29, 1.82) is 0 Å². The normalized spacial score (nSPS) is 15.8. The lowest BCUT2D eigenvalue weighted by molar-refractivity contribution is 0.338. The Morgan fingerprint density at radius 3 is 2.30 bits per heavy atom. The maximum Gasteiger partial charge on any atom is 0.169 e. The van der Waals surface area contributed by atoms with Crippen LogP contribution >= 0.6 is 35.4 Å². The van der Waals surface area contributed by atoms with E-state index in [9.17, 15) is 0 Å². The van der Waals surface area contributed by atoms with Crippen molar-refractivity contribution in [2.75, 3.05) is 0 Å². The summed E-state index contributed by atoms with van der Waals surface area (Å²) in [5, 5.41) is 5.62. The van der Waals surface area contributed by atoms with Crippen LogP contribution < -0.4 is 5.32 Å². The molecule has 0 atom stereocenters. The highest BCUT2D eigenvalue weighted by atomic mass is 35.5. The molecule has 146 valence electrons. The fourth-order valence-corrected chi connectivity index (χ4v) is 4.34. The molecule has 0 unspecified atom stereocenters. The van der Waals surface area contributed by atoms with Gasteiger partial charge in [0.1, 0.15) is 5.76 Å². The van der Waals surface area contributed by atoms with E-state index in [1.807, 2.05) is 30.3 Å². The first-order valence-corrected chi connectivity index (χ1v) is 10.8. The van der Waals surface area contributed by atoms with Crippen LogP contribution in [-0.2, 0) is 13.1 Å². The third-order valence-electron chi connectivity index (χ3n) is 5.06. The largest absolute Gasteiger partial charge is 0.467 e. The second kappa shape index (κ2) is 10.4. The Hall–Kier alpha value is -1.23. The van der Waals surface area contributed by atoms with Gasteiger partial charge in [0.2, 0.25) is 0 Å². The number of thiocarbonyl (C=S) groups is 1. The third kappa shape index (κ3) is 6.13. The minimum atomic E-state index is 0.429. The van der Waals surface area contributed by atoms with E-state index in [4.69, 9.17) is 39.8 Å². The summed E-state index contributed by atoms with van der Waals surface area (Å²) in [6.45, 7) is 1.12. The molecule has 0 bridgehead atoms. The number of halogens is 2. The predicted molar refractivity (Wildman–Crippen MR) is 116 cm³/mol. The Balaban J connectivity index is 1.73. The molecular weight excluding hydrogens is 399 g/mol. The maximum absolute atomic E-state index is 6.39. The summed E-state index contributed by atoms with van der Waals surface area (Å²) >= 11 is 18.6. The summed E-state index contributed by atoms with van der Waals surface area (Å²) in [4.78, 5) is 2.08. The zero-order valence-corrected chi connectivity index (χ0v) is 17.8. The van der Waals surface area contributed by atoms with Gasteiger partial charge in [-0.3, -0.25) is 0 Å². The monoisotopic (exact) mass is 424 g/mol. The molecule has 27 heavy (non-hydrogen) atoms. The average Bonchev–Trinajstić information content (AvgIpc) is 3.12. The molecule has 1 fully saturated rings. The van der Waals surface area contributed by atoms with E-state index >= 15 is 0 Å². The Bertz CT molecular complexity index is 708. The van der Waals surface area contributed by atoms with Gasteiger partial charge in [-0.25, -0.2) is 0 Å². The van der Waals surface area contributed by atoms with Crippen LogP contribution in [0.15, 0.2) is 41.0 Å². The van der Waals surface area contributed by atoms with E-state index < -0.39 is 0 Å². The first-order valence-electron chi connectivity index (χ1n) is 9.64. The Kier molecular flexibility index (Phi) is 7.86. The van der Waals surface area contributed by atoms with Crippen molar-refractivity contribution in [3.05, 3.63) is 58.0 Å². The Labute approximate surface area is 177 Å². The van der Waals surface area contributed by atoms with Crippen molar-refractivity contribution >= 4 is 40.5 Å². The van der Waals surface area contributed by atoms with Gasteiger partial charge in [-0.15, -0.1) is 0 Å². The highest BCUT2D eigenvalue weighted by Crippen LogP contribution is 2.27. The van der Waals surface area contributed by atoms with Crippen LogP contribution in [0.5, 0.6) is 0 Å². The van der Waals surface area contributed by atoms with E-state index in [1.165, 1.54) is 44.9 Å². The summed E-state index contributed by atoms with van der Waals surface area (Å²) in [6.07, 6.45) is 10.5. The van der Waals surface area contributed by atoms with Gasteiger partial charge in [0.25, 0.3) is 0 Å². The molecule has 0 amide bonds. The van der Waals surface area contributed by atoms with Crippen LogP contribution in [0.1, 0.15) is 56.3 Å². The zero-order valence-electron chi connectivity index (χ0n) is 15.4. The quantitative estimate of drug-likeness (QED) is 0.548. The number of benzene rings is 1. The van der Waals surface area contributed by atoms with Gasteiger partial charge in [0.15, 0.2) is 5.11 Å². The van der Waals surface area contributed by atoms with Crippen LogP contribution in [0.3, 0.4) is 0 Å². The highest BCUT2D eigenvalue weighted by molar-refractivity contribution is 7.80. The van der Waals surface area contributed by atoms with Gasteiger partial charge in [-0.2, -0.15) is 0 Å². The van der Waals surface area contributed by atoms with E-state index in [1.54, 1.807) is 6.26 Å². The fraction of sp³-hybridized carbons (Fsp3) is 0.476. The van der Waals surface area contributed by atoms with Gasteiger partial charge >= 0.3 is 0 Å². The molecule has 3 nitrogen and oxygen atoms in total. The van der Waals surface area contributed by atoms with Crippen molar-refractivity contribution in [3.63, 3.8) is 0 Å². The summed E-state index contributed by atoms with van der Waals surface area (Å²) in [5.74, 6) is 0.861. The topological polar surface area (TPSA) is 28.4 Å². The van der Waals surface area contributed by atoms with Gasteiger partial charge in [-0.1, -0.05) is 61.4 Å². The molecule has 1 aromatic heterocycles. The van der Waals surface area contributed by atoms with E-state index in [0.29, 0.717) is 29.2 Å². The number of rotatable bonds is 5. The Morgan fingerprint density at radius 1 is 1.00 bits per heavy atom. The van der Waals surface area contributed by atoms with Gasteiger partial charge in [0.05, 0.1) is 12.8 Å². The van der Waals surface area contributed by atoms with Gasteiger partial charge < -0.3 is 14.6 Å². The van der Waals surface area contributed by atoms with Crippen molar-refractivity contribution in [1.82, 2.24) is 10.2 Å². The lowest BCUT2D eigenvalue weighted by Gasteiger charge is -2.30. The van der Waals surface area contributed by atoms with Gasteiger partial charge in [-0.05, 0) is 49.3 Å². The summed E-state index contributed by atoms with van der Waals surface area (Å²) in [7, 11) is 0. The molecule has 1 aliphatic carbocycles. The first-order chi connectivity index (χ1) is 13.1. The van der Waals surface area contributed by atoms with Crippen LogP contribution in [0.4, 0.5) is 0 Å². The van der Waals surface area contributed by atoms with Crippen molar-refractivity contribution in [2.45, 2.75) is 64.1 Å². The average molecular weight is 425 g/mol. The van der Waals surface area contributed by atoms with Gasteiger partial charge in [0, 0.05) is 28.2 Å². The number of nitrogens with one attached hydrogen (secondary N) is 1. The molecule has 1 N–H and O–H groups in total. The van der Waals surface area contributed by atoms with Crippen LogP contribution in [0.25, 0.3) is 0 Å². The minimum absolute atomic E-state index is 0.429. The van der Waals surface area contributed by atoms with Crippen molar-refractivity contribution in [3.8, 4) is 0 Å². The number of nitrogens with zero attached hydrogens (tertiary/aromatic N) is 1. The minimum Gasteiger partial charge on any atom is -0.467 e. The lowest BCUT2D eigenvalue weighted by Crippen LogP contribution is -2.44. The molecule has 1 aromatic carbocycles. The second-order valence-corrected chi connectivity index (χ2v) is 8.33. The van der Waals surface area contributed by atoms with E-state index in [-0.39, 0.29) is 0 Å². The summed E-state index contributed by atoms with van der Waals surface area (Å²) in [5.41, 5.74) is 0.884. The van der Waals surface area contributed by atoms with Crippen LogP contribution in [-0.4, -0.2) is 16.1 Å². The molecule has 0 aliphatic heterocycles. The number of hydrogen-bond acceptors (Lipinski definition) is 2. The van der Waals surface area contributed by atoms with E-state index in [2.05, 4.69) is 10.2 Å². The SMILES string of the molecule is S=C(NC1CCCCCCC1)N(Cc1ccco1)Cc1c(Cl)cccc1Cl. The fourth-order valence-electron chi connectivity index (χ4n) is 3.53. The standard InChI is InChI=1S/C21H26Cl2N2OS/c22-19-11-6-12-20(23)18(19)15-25(14-17-10-7-13-26-17)21(27)24-16-8-4-2-1-3-5-9-16/h6-7,10-13,16H,1-5,8-9,14-15H2,(H,24,27). The van der Waals surface area contributed by atoms with Crippen LogP contribution in [0.2, 0.25) is 10.0 Å². The highest BCUT2D eigenvalue weighted by Gasteiger charge is 2.19. The van der Waals surface area contributed by atoms with Crippen molar-refractivity contribution in [2.24, 2.45) is 0 Å². The summed E-state index contributed by atoms with van der Waals surface area (Å²) < 4.78 is 5.54. The zero-order chi connectivity index (χ0) is 19.1. The summed E-state index contributed by atoms with van der Waals surface area (Å²) in [6, 6.07) is 9.86. The second-order valence-electron chi connectivity index (χ2n) is 7.13. The Morgan fingerprint density at radius 2 is 1.67 bits per heavy atom. The van der Waals surface area contributed by atoms with E-state index in [0.717, 1.165) is 16.4 Å². The molecule has 0 radical (unpaired) electrons. The van der Waals surface area contributed by atoms with Crippen LogP contribution in [0, 0.1) is 0 Å². The molecule has 6 heteroatoms. The molecule has 2 aromatic rings.